The molecule has 0 saturated carbocycles. The summed E-state index contributed by atoms with van der Waals surface area (Å²) in [6.45, 7) is 2.33. The molecule has 2 aliphatic rings. The van der Waals surface area contributed by atoms with Crippen LogP contribution in [0.5, 0.6) is 0 Å². The number of hydrazine groups is 1. The summed E-state index contributed by atoms with van der Waals surface area (Å²) in [4.78, 5) is 5.87. The minimum absolute atomic E-state index is 0.794. The zero-order valence-electron chi connectivity index (χ0n) is 4.60. The van der Waals surface area contributed by atoms with Crippen molar-refractivity contribution in [3.05, 3.63) is 0 Å². The van der Waals surface area contributed by atoms with Gasteiger partial charge in [0.05, 0.1) is 16.4 Å². The minimum atomic E-state index is 0.794. The molecule has 1 atom stereocenters. The second-order valence-corrected chi connectivity index (χ2v) is 6.41. The van der Waals surface area contributed by atoms with Crippen molar-refractivity contribution in [2.45, 2.75) is 0 Å². The predicted molar refractivity (Wildman–Crippen MR) is 40.4 cm³/mol. The molecule has 0 bridgehead atoms. The standard InChI is InChI=1S/C2H5N4P3/c1-2-5(1)6-3-4-7-9-8-6/h8H,1-2H2. The van der Waals surface area contributed by atoms with Crippen molar-refractivity contribution in [2.24, 2.45) is 10.1 Å². The van der Waals surface area contributed by atoms with Gasteiger partial charge in [0.25, 0.3) is 0 Å². The lowest BCUT2D eigenvalue weighted by molar-refractivity contribution is 0.224. The number of hydrogen-bond donors (Lipinski definition) is 0. The van der Waals surface area contributed by atoms with Crippen molar-refractivity contribution < 1.29 is 0 Å². The Morgan fingerprint density at radius 2 is 2.33 bits per heavy atom. The fourth-order valence-corrected chi connectivity index (χ4v) is 3.79. The molecule has 4 nitrogen and oxygen atoms in total. The van der Waals surface area contributed by atoms with Crippen molar-refractivity contribution in [1.82, 2.24) is 9.90 Å². The van der Waals surface area contributed by atoms with Gasteiger partial charge in [-0.15, -0.1) is 4.88 Å². The van der Waals surface area contributed by atoms with E-state index in [2.05, 4.69) is 15.1 Å². The first-order chi connectivity index (χ1) is 4.47. The maximum absolute atomic E-state index is 3.97. The summed E-state index contributed by atoms with van der Waals surface area (Å²) in [7, 11) is 3.26. The van der Waals surface area contributed by atoms with E-state index in [1.807, 2.05) is 4.89 Å². The Labute approximate surface area is 57.8 Å². The molecule has 2 rings (SSSR count). The Balaban J connectivity index is 1.98. The molecular weight excluding hydrogens is 173 g/mol. The smallest absolute Gasteiger partial charge is 0.0989 e. The molecule has 0 aromatic carbocycles. The van der Waals surface area contributed by atoms with Crippen LogP contribution in [-0.4, -0.2) is 23.0 Å². The van der Waals surface area contributed by atoms with Crippen LogP contribution in [-0.2, 0) is 0 Å². The normalized spacial score (nSPS) is 31.3. The van der Waals surface area contributed by atoms with Crippen LogP contribution in [0.2, 0.25) is 0 Å². The van der Waals surface area contributed by atoms with Crippen molar-refractivity contribution >= 4 is 24.0 Å². The van der Waals surface area contributed by atoms with Crippen LogP contribution in [0.25, 0.3) is 0 Å². The van der Waals surface area contributed by atoms with Crippen LogP contribution < -0.4 is 0 Å². The molecule has 1 fully saturated rings. The third-order valence-corrected chi connectivity index (χ3v) is 4.85. The molecule has 0 aliphatic carbocycles. The van der Waals surface area contributed by atoms with Gasteiger partial charge in [0.1, 0.15) is 0 Å². The largest absolute Gasteiger partial charge is 0.197 e. The van der Waals surface area contributed by atoms with Gasteiger partial charge in [-0.05, 0) is 5.22 Å². The van der Waals surface area contributed by atoms with E-state index in [4.69, 9.17) is 0 Å². The maximum atomic E-state index is 3.97. The molecule has 1 saturated heterocycles. The lowest BCUT2D eigenvalue weighted by atomic mass is 11.0. The summed E-state index contributed by atoms with van der Waals surface area (Å²) in [5, 5.41) is 6.15. The Bertz CT molecular complexity index is 163. The van der Waals surface area contributed by atoms with Gasteiger partial charge in [-0.2, -0.15) is 9.90 Å². The summed E-state index contributed by atoms with van der Waals surface area (Å²) >= 11 is 0. The molecule has 0 aromatic heterocycles. The Morgan fingerprint density at radius 3 is 2.89 bits per heavy atom. The van der Waals surface area contributed by atoms with Gasteiger partial charge in [-0.3, -0.25) is 0 Å². The molecule has 48 valence electrons. The average molecular weight is 178 g/mol. The summed E-state index contributed by atoms with van der Waals surface area (Å²) in [6.07, 6.45) is 0. The summed E-state index contributed by atoms with van der Waals surface area (Å²) in [6, 6.07) is 0. The zero-order valence-corrected chi connectivity index (χ0v) is 7.39. The van der Waals surface area contributed by atoms with Gasteiger partial charge in [-0.25, -0.2) is 0 Å². The highest BCUT2D eigenvalue weighted by Crippen LogP contribution is 2.46. The topological polar surface area (TPSA) is 31.0 Å². The first-order valence-electron chi connectivity index (χ1n) is 2.58. The zero-order chi connectivity index (χ0) is 6.10. The van der Waals surface area contributed by atoms with Crippen LogP contribution in [0.1, 0.15) is 0 Å². The molecule has 7 heteroatoms. The molecule has 9 heavy (non-hydrogen) atoms. The van der Waals surface area contributed by atoms with Crippen molar-refractivity contribution in [1.29, 1.82) is 0 Å². The molecular formula is C2H5N4P3. The van der Waals surface area contributed by atoms with Crippen LogP contribution >= 0.6 is 24.0 Å². The maximum Gasteiger partial charge on any atom is 0.0989 e. The van der Waals surface area contributed by atoms with Gasteiger partial charge < -0.3 is 0 Å². The van der Waals surface area contributed by atoms with E-state index in [-0.39, 0.29) is 0 Å². The van der Waals surface area contributed by atoms with Gasteiger partial charge in [0.2, 0.25) is 0 Å². The lowest BCUT2D eigenvalue weighted by Gasteiger charge is -2.15. The Hall–Kier alpha value is 0.390. The fraction of sp³-hybridized carbons (Fsp3) is 1.00. The Kier molecular flexibility index (Phi) is 1.74. The van der Waals surface area contributed by atoms with Crippen molar-refractivity contribution in [3.8, 4) is 0 Å². The van der Waals surface area contributed by atoms with E-state index in [1.165, 1.54) is 20.6 Å². The lowest BCUT2D eigenvalue weighted by Crippen LogP contribution is -2.11. The molecule has 2 aliphatic heterocycles. The van der Waals surface area contributed by atoms with Crippen molar-refractivity contribution in [3.63, 3.8) is 0 Å². The molecule has 1 unspecified atom stereocenters. The van der Waals surface area contributed by atoms with Gasteiger partial charge in [0.15, 0.2) is 0 Å². The van der Waals surface area contributed by atoms with E-state index in [1.54, 1.807) is 0 Å². The molecule has 0 aromatic rings. The summed E-state index contributed by atoms with van der Waals surface area (Å²) in [5.41, 5.74) is 0. The highest BCUT2D eigenvalue weighted by atomic mass is 32.2. The van der Waals surface area contributed by atoms with Crippen LogP contribution in [0, 0.1) is 0 Å². The quantitative estimate of drug-likeness (QED) is 0.454. The second kappa shape index (κ2) is 2.56. The SMILES string of the molecule is C1CN1N1N=NP=PP1. The van der Waals surface area contributed by atoms with Crippen LogP contribution in [0.4, 0.5) is 0 Å². The van der Waals surface area contributed by atoms with Crippen LogP contribution in [0.3, 0.4) is 0 Å². The monoisotopic (exact) mass is 178 g/mol. The number of rotatable bonds is 1. The fourth-order valence-electron chi connectivity index (χ4n) is 0.510. The van der Waals surface area contributed by atoms with Crippen LogP contribution in [0.15, 0.2) is 10.1 Å². The van der Waals surface area contributed by atoms with E-state index in [0.29, 0.717) is 0 Å². The van der Waals surface area contributed by atoms with E-state index < -0.39 is 0 Å². The Morgan fingerprint density at radius 1 is 1.44 bits per heavy atom. The number of hydrogen-bond acceptors (Lipinski definition) is 4. The molecule has 0 radical (unpaired) electrons. The highest BCUT2D eigenvalue weighted by Gasteiger charge is 2.25. The second-order valence-electron chi connectivity index (χ2n) is 1.71. The minimum Gasteiger partial charge on any atom is -0.197 e. The van der Waals surface area contributed by atoms with E-state index in [9.17, 15) is 0 Å². The molecule has 0 amide bonds. The predicted octanol–water partition coefficient (Wildman–Crippen LogP) is 2.13. The number of nitrogens with zero attached hydrogens (tertiary/aromatic N) is 4. The van der Waals surface area contributed by atoms with E-state index >= 15 is 0 Å². The first kappa shape index (κ1) is 6.12. The molecule has 2 heterocycles. The van der Waals surface area contributed by atoms with E-state index in [0.717, 1.165) is 16.4 Å². The summed E-state index contributed by atoms with van der Waals surface area (Å²) < 4.78 is 0. The van der Waals surface area contributed by atoms with Gasteiger partial charge in [-0.1, -0.05) is 0 Å². The molecule has 0 spiro atoms. The molecule has 0 N–H and O–H groups in total. The summed E-state index contributed by atoms with van der Waals surface area (Å²) in [5.74, 6) is 0. The van der Waals surface area contributed by atoms with Gasteiger partial charge >= 0.3 is 0 Å². The van der Waals surface area contributed by atoms with Crippen molar-refractivity contribution in [2.75, 3.05) is 13.1 Å². The third kappa shape index (κ3) is 1.45. The third-order valence-electron chi connectivity index (χ3n) is 1.04. The van der Waals surface area contributed by atoms with Gasteiger partial charge in [0, 0.05) is 20.6 Å². The first-order valence-corrected chi connectivity index (χ1v) is 6.82. The average Bonchev–Trinajstić information content (AvgIpc) is 2.71. The highest BCUT2D eigenvalue weighted by molar-refractivity contribution is 8.23.